The molecule has 0 radical (unpaired) electrons. The van der Waals surface area contributed by atoms with E-state index in [9.17, 15) is 9.90 Å². The van der Waals surface area contributed by atoms with Crippen molar-refractivity contribution in [1.29, 1.82) is 0 Å². The normalized spacial score (nSPS) is 16.6. The minimum atomic E-state index is -0.564. The first-order valence-corrected chi connectivity index (χ1v) is 10.4. The van der Waals surface area contributed by atoms with E-state index in [4.69, 9.17) is 16.3 Å². The number of H-pyrrole nitrogens is 1. The highest BCUT2D eigenvalue weighted by atomic mass is 35.5. The molecular formula is C22H25ClN4O3. The number of hydrogen-bond acceptors (Lipinski definition) is 6. The molecule has 0 bridgehead atoms. The maximum atomic E-state index is 12.2. The van der Waals surface area contributed by atoms with E-state index in [2.05, 4.69) is 19.8 Å². The number of fused-ring (bicyclic) bond motifs is 1. The molecule has 0 aliphatic carbocycles. The molecule has 7 nitrogen and oxygen atoms in total. The molecule has 0 spiro atoms. The van der Waals surface area contributed by atoms with Crippen molar-refractivity contribution in [2.24, 2.45) is 0 Å². The van der Waals surface area contributed by atoms with E-state index in [1.54, 1.807) is 30.3 Å². The Kier molecular flexibility index (Phi) is 6.64. The number of ether oxygens (including phenoxy) is 1. The van der Waals surface area contributed by atoms with E-state index in [1.807, 2.05) is 18.2 Å². The minimum Gasteiger partial charge on any atom is -0.491 e. The fourth-order valence-electron chi connectivity index (χ4n) is 3.63. The van der Waals surface area contributed by atoms with Crippen LogP contribution in [-0.4, -0.2) is 70.3 Å². The smallest absolute Gasteiger partial charge is 0.258 e. The highest BCUT2D eigenvalue weighted by Gasteiger charge is 2.20. The molecule has 30 heavy (non-hydrogen) atoms. The van der Waals surface area contributed by atoms with Crippen LogP contribution in [0, 0.1) is 0 Å². The zero-order valence-electron chi connectivity index (χ0n) is 16.6. The Morgan fingerprint density at radius 2 is 1.77 bits per heavy atom. The van der Waals surface area contributed by atoms with Crippen LogP contribution in [0.25, 0.3) is 10.9 Å². The monoisotopic (exact) mass is 428 g/mol. The lowest BCUT2D eigenvalue weighted by Gasteiger charge is -2.35. The molecule has 158 valence electrons. The molecule has 2 aromatic carbocycles. The number of nitrogens with one attached hydrogen (secondary N) is 1. The number of benzene rings is 2. The third-order valence-electron chi connectivity index (χ3n) is 5.23. The first-order valence-electron chi connectivity index (χ1n) is 10.1. The number of para-hydroxylation sites is 1. The Morgan fingerprint density at radius 3 is 2.53 bits per heavy atom. The lowest BCUT2D eigenvalue weighted by Crippen LogP contribution is -2.49. The molecule has 1 unspecified atom stereocenters. The van der Waals surface area contributed by atoms with E-state index in [0.717, 1.165) is 31.7 Å². The Morgan fingerprint density at radius 1 is 1.07 bits per heavy atom. The summed E-state index contributed by atoms with van der Waals surface area (Å²) in [4.78, 5) is 24.2. The van der Waals surface area contributed by atoms with Gasteiger partial charge in [-0.1, -0.05) is 23.7 Å². The molecule has 1 aromatic heterocycles. The van der Waals surface area contributed by atoms with Crippen molar-refractivity contribution in [2.75, 3.05) is 39.3 Å². The van der Waals surface area contributed by atoms with Crippen molar-refractivity contribution < 1.29 is 9.84 Å². The average molecular weight is 429 g/mol. The number of aliphatic hydroxyl groups is 1. The Hall–Kier alpha value is -2.45. The number of aliphatic hydroxyl groups excluding tert-OH is 1. The number of aromatic nitrogens is 2. The molecule has 1 atom stereocenters. The van der Waals surface area contributed by atoms with Crippen molar-refractivity contribution >= 4 is 22.5 Å². The van der Waals surface area contributed by atoms with E-state index in [0.29, 0.717) is 35.1 Å². The van der Waals surface area contributed by atoms with Gasteiger partial charge < -0.3 is 14.8 Å². The van der Waals surface area contributed by atoms with Gasteiger partial charge in [-0.25, -0.2) is 4.98 Å². The fraction of sp³-hybridized carbons (Fsp3) is 0.364. The number of rotatable bonds is 7. The number of aromatic amines is 1. The average Bonchev–Trinajstić information content (AvgIpc) is 2.75. The molecule has 2 heterocycles. The van der Waals surface area contributed by atoms with Crippen LogP contribution in [0.3, 0.4) is 0 Å². The largest absolute Gasteiger partial charge is 0.491 e. The van der Waals surface area contributed by atoms with Crippen molar-refractivity contribution in [3.8, 4) is 5.75 Å². The van der Waals surface area contributed by atoms with Gasteiger partial charge in [0.1, 0.15) is 24.3 Å². The summed E-state index contributed by atoms with van der Waals surface area (Å²) in [6, 6.07) is 14.5. The number of hydrogen-bond donors (Lipinski definition) is 2. The summed E-state index contributed by atoms with van der Waals surface area (Å²) in [7, 11) is 0. The highest BCUT2D eigenvalue weighted by molar-refractivity contribution is 6.30. The Balaban J connectivity index is 1.24. The lowest BCUT2D eigenvalue weighted by molar-refractivity contribution is 0.0441. The number of β-amino-alcohol motifs (C(OH)–C–C–N with tert-alkyl or cyclic N) is 1. The molecule has 8 heteroatoms. The van der Waals surface area contributed by atoms with Crippen LogP contribution >= 0.6 is 11.6 Å². The Labute approximate surface area is 179 Å². The van der Waals surface area contributed by atoms with Crippen molar-refractivity contribution in [3.05, 3.63) is 69.7 Å². The molecular weight excluding hydrogens is 404 g/mol. The summed E-state index contributed by atoms with van der Waals surface area (Å²) in [5.74, 6) is 1.38. The summed E-state index contributed by atoms with van der Waals surface area (Å²) >= 11 is 5.86. The van der Waals surface area contributed by atoms with Gasteiger partial charge in [-0.2, -0.15) is 0 Å². The van der Waals surface area contributed by atoms with Crippen LogP contribution in [0.1, 0.15) is 5.82 Å². The summed E-state index contributed by atoms with van der Waals surface area (Å²) in [6.45, 7) is 4.79. The molecule has 3 aromatic rings. The second-order valence-electron chi connectivity index (χ2n) is 7.53. The number of piperazine rings is 1. The van der Waals surface area contributed by atoms with Gasteiger partial charge in [0, 0.05) is 37.7 Å². The topological polar surface area (TPSA) is 81.7 Å². The number of halogens is 1. The molecule has 0 amide bonds. The van der Waals surface area contributed by atoms with Gasteiger partial charge >= 0.3 is 0 Å². The van der Waals surface area contributed by atoms with E-state index >= 15 is 0 Å². The zero-order valence-corrected chi connectivity index (χ0v) is 17.4. The second-order valence-corrected chi connectivity index (χ2v) is 7.96. The standard InChI is InChI=1S/C22H25ClN4O3/c23-16-5-7-18(8-6-16)30-15-17(28)13-26-9-11-27(12-10-26)14-21-24-20-4-2-1-3-19(20)22(29)25-21/h1-8,17,28H,9-15H2,(H,24,25,29). The van der Waals surface area contributed by atoms with Crippen molar-refractivity contribution in [2.45, 2.75) is 12.6 Å². The van der Waals surface area contributed by atoms with Crippen molar-refractivity contribution in [3.63, 3.8) is 0 Å². The Bertz CT molecular complexity index is 1030. The molecule has 1 aliphatic rings. The molecule has 1 fully saturated rings. The number of nitrogens with zero attached hydrogens (tertiary/aromatic N) is 3. The first-order chi connectivity index (χ1) is 14.6. The quantitative estimate of drug-likeness (QED) is 0.600. The molecule has 2 N–H and O–H groups in total. The van der Waals surface area contributed by atoms with E-state index < -0.39 is 6.10 Å². The summed E-state index contributed by atoms with van der Waals surface area (Å²) in [5, 5.41) is 11.6. The third-order valence-corrected chi connectivity index (χ3v) is 5.48. The summed E-state index contributed by atoms with van der Waals surface area (Å²) in [6.07, 6.45) is -0.564. The van der Waals surface area contributed by atoms with Gasteiger partial charge in [-0.15, -0.1) is 0 Å². The van der Waals surface area contributed by atoms with Crippen LogP contribution in [-0.2, 0) is 6.54 Å². The lowest BCUT2D eigenvalue weighted by atomic mass is 10.2. The van der Waals surface area contributed by atoms with Gasteiger partial charge in [0.05, 0.1) is 17.4 Å². The van der Waals surface area contributed by atoms with Crippen LogP contribution < -0.4 is 10.3 Å². The second kappa shape index (κ2) is 9.57. The van der Waals surface area contributed by atoms with Crippen LogP contribution in [0.2, 0.25) is 5.02 Å². The van der Waals surface area contributed by atoms with Gasteiger partial charge in [-0.05, 0) is 36.4 Å². The maximum Gasteiger partial charge on any atom is 0.258 e. The predicted octanol–water partition coefficient (Wildman–Crippen LogP) is 2.13. The van der Waals surface area contributed by atoms with Crippen molar-refractivity contribution in [1.82, 2.24) is 19.8 Å². The molecule has 4 rings (SSSR count). The van der Waals surface area contributed by atoms with Gasteiger partial charge in [0.25, 0.3) is 5.56 Å². The van der Waals surface area contributed by atoms with Gasteiger partial charge in [0.2, 0.25) is 0 Å². The molecule has 1 aliphatic heterocycles. The first kappa shape index (κ1) is 20.8. The maximum absolute atomic E-state index is 12.2. The SMILES string of the molecule is O=c1[nH]c(CN2CCN(CC(O)COc3ccc(Cl)cc3)CC2)nc2ccccc12. The minimum absolute atomic E-state index is 0.0990. The van der Waals surface area contributed by atoms with Crippen LogP contribution in [0.5, 0.6) is 5.75 Å². The third kappa shape index (κ3) is 5.37. The van der Waals surface area contributed by atoms with Gasteiger partial charge in [-0.3, -0.25) is 14.6 Å². The highest BCUT2D eigenvalue weighted by Crippen LogP contribution is 2.16. The summed E-state index contributed by atoms with van der Waals surface area (Å²) < 4.78 is 5.62. The van der Waals surface area contributed by atoms with Crippen LogP contribution in [0.4, 0.5) is 0 Å². The van der Waals surface area contributed by atoms with E-state index in [-0.39, 0.29) is 12.2 Å². The summed E-state index contributed by atoms with van der Waals surface area (Å²) in [5.41, 5.74) is 0.622. The van der Waals surface area contributed by atoms with Crippen LogP contribution in [0.15, 0.2) is 53.3 Å². The fourth-order valence-corrected chi connectivity index (χ4v) is 3.75. The van der Waals surface area contributed by atoms with Gasteiger partial charge in [0.15, 0.2) is 0 Å². The van der Waals surface area contributed by atoms with E-state index in [1.165, 1.54) is 0 Å². The molecule has 1 saturated heterocycles. The zero-order chi connectivity index (χ0) is 20.9. The molecule has 0 saturated carbocycles. The predicted molar refractivity (Wildman–Crippen MR) is 117 cm³/mol.